The van der Waals surface area contributed by atoms with Gasteiger partial charge in [-0.15, -0.1) is 0 Å². The number of ether oxygens (including phenoxy) is 1. The van der Waals surface area contributed by atoms with Crippen molar-refractivity contribution in [3.8, 4) is 5.75 Å². The zero-order valence-corrected chi connectivity index (χ0v) is 19.2. The van der Waals surface area contributed by atoms with Gasteiger partial charge in [0.2, 0.25) is 10.0 Å². The van der Waals surface area contributed by atoms with Crippen molar-refractivity contribution >= 4 is 15.9 Å². The van der Waals surface area contributed by atoms with Gasteiger partial charge < -0.3 is 15.0 Å². The lowest BCUT2D eigenvalue weighted by molar-refractivity contribution is 0.0953. The predicted molar refractivity (Wildman–Crippen MR) is 121 cm³/mol. The molecule has 1 heterocycles. The molecule has 1 fully saturated rings. The van der Waals surface area contributed by atoms with Crippen LogP contribution in [0, 0.1) is 6.92 Å². The average molecular weight is 446 g/mol. The summed E-state index contributed by atoms with van der Waals surface area (Å²) >= 11 is 0. The number of nitrogens with zero attached hydrogens (tertiary/aromatic N) is 2. The van der Waals surface area contributed by atoms with E-state index in [0.717, 1.165) is 18.6 Å². The summed E-state index contributed by atoms with van der Waals surface area (Å²) in [6.07, 6.45) is 1.62. The van der Waals surface area contributed by atoms with Crippen molar-refractivity contribution in [3.05, 3.63) is 59.2 Å². The van der Waals surface area contributed by atoms with Crippen LogP contribution in [-0.2, 0) is 16.4 Å². The summed E-state index contributed by atoms with van der Waals surface area (Å²) in [7, 11) is -0.00543. The maximum absolute atomic E-state index is 13.1. The second kappa shape index (κ2) is 10.3. The van der Waals surface area contributed by atoms with Crippen LogP contribution in [0.4, 0.5) is 0 Å². The van der Waals surface area contributed by atoms with Gasteiger partial charge in [0.1, 0.15) is 5.75 Å². The van der Waals surface area contributed by atoms with Crippen LogP contribution in [0.1, 0.15) is 27.9 Å². The Kier molecular flexibility index (Phi) is 7.69. The van der Waals surface area contributed by atoms with Crippen LogP contribution in [0.5, 0.6) is 5.75 Å². The monoisotopic (exact) mass is 445 g/mol. The molecular weight excluding hydrogens is 414 g/mol. The molecule has 2 aromatic carbocycles. The number of hydrogen-bond donors (Lipinski definition) is 1. The zero-order valence-electron chi connectivity index (χ0n) is 18.4. The third-order valence-electron chi connectivity index (χ3n) is 5.62. The van der Waals surface area contributed by atoms with Crippen molar-refractivity contribution in [2.75, 3.05) is 46.9 Å². The SMILES string of the molecule is COc1ccc(CCCNC(=O)c2ccc(C)c(S(=O)(=O)N3CCN(C)CC3)c2)cc1. The number of carbonyl (C=O) groups excluding carboxylic acids is 1. The maximum Gasteiger partial charge on any atom is 0.251 e. The molecule has 31 heavy (non-hydrogen) atoms. The van der Waals surface area contributed by atoms with Crippen LogP contribution >= 0.6 is 0 Å². The molecule has 8 heteroatoms. The second-order valence-corrected chi connectivity index (χ2v) is 9.80. The third kappa shape index (κ3) is 5.84. The van der Waals surface area contributed by atoms with Crippen LogP contribution in [-0.4, -0.2) is 70.4 Å². The summed E-state index contributed by atoms with van der Waals surface area (Å²) in [6.45, 7) is 4.60. The number of nitrogens with one attached hydrogen (secondary N) is 1. The molecule has 0 radical (unpaired) electrons. The number of rotatable bonds is 8. The van der Waals surface area contributed by atoms with Crippen LogP contribution < -0.4 is 10.1 Å². The highest BCUT2D eigenvalue weighted by Crippen LogP contribution is 2.22. The quantitative estimate of drug-likeness (QED) is 0.631. The molecule has 0 bridgehead atoms. The first kappa shape index (κ1) is 23.2. The van der Waals surface area contributed by atoms with Gasteiger partial charge in [0.05, 0.1) is 12.0 Å². The summed E-state index contributed by atoms with van der Waals surface area (Å²) in [5.74, 6) is 0.559. The lowest BCUT2D eigenvalue weighted by Gasteiger charge is -2.32. The molecule has 168 valence electrons. The number of amides is 1. The molecular formula is C23H31N3O4S. The first-order valence-corrected chi connectivity index (χ1v) is 12.0. The van der Waals surface area contributed by atoms with Gasteiger partial charge in [-0.05, 0) is 62.2 Å². The van der Waals surface area contributed by atoms with Crippen molar-refractivity contribution < 1.29 is 17.9 Å². The van der Waals surface area contributed by atoms with E-state index in [0.29, 0.717) is 43.9 Å². The van der Waals surface area contributed by atoms with E-state index in [9.17, 15) is 13.2 Å². The average Bonchev–Trinajstić information content (AvgIpc) is 2.77. The van der Waals surface area contributed by atoms with Crippen molar-refractivity contribution in [1.29, 1.82) is 0 Å². The van der Waals surface area contributed by atoms with Crippen LogP contribution in [0.15, 0.2) is 47.4 Å². The van der Waals surface area contributed by atoms with Crippen molar-refractivity contribution in [3.63, 3.8) is 0 Å². The molecule has 1 aliphatic rings. The fourth-order valence-corrected chi connectivity index (χ4v) is 5.25. The molecule has 1 amide bonds. The summed E-state index contributed by atoms with van der Waals surface area (Å²) in [5, 5.41) is 2.90. The molecule has 1 N–H and O–H groups in total. The van der Waals surface area contributed by atoms with Gasteiger partial charge in [-0.2, -0.15) is 4.31 Å². The number of benzene rings is 2. The molecule has 0 atom stereocenters. The van der Waals surface area contributed by atoms with Gasteiger partial charge in [-0.1, -0.05) is 18.2 Å². The minimum Gasteiger partial charge on any atom is -0.497 e. The highest BCUT2D eigenvalue weighted by Gasteiger charge is 2.29. The topological polar surface area (TPSA) is 78.9 Å². The smallest absolute Gasteiger partial charge is 0.251 e. The molecule has 0 spiro atoms. The maximum atomic E-state index is 13.1. The van der Waals surface area contributed by atoms with Crippen LogP contribution in [0.25, 0.3) is 0 Å². The lowest BCUT2D eigenvalue weighted by atomic mass is 10.1. The number of aryl methyl sites for hydroxylation is 2. The number of hydrogen-bond acceptors (Lipinski definition) is 5. The van der Waals surface area contributed by atoms with Gasteiger partial charge in [-0.25, -0.2) is 8.42 Å². The first-order valence-electron chi connectivity index (χ1n) is 10.5. The fraction of sp³-hybridized carbons (Fsp3) is 0.435. The highest BCUT2D eigenvalue weighted by atomic mass is 32.2. The van der Waals surface area contributed by atoms with Gasteiger partial charge in [0.15, 0.2) is 0 Å². The van der Waals surface area contributed by atoms with E-state index in [2.05, 4.69) is 10.2 Å². The highest BCUT2D eigenvalue weighted by molar-refractivity contribution is 7.89. The molecule has 0 aliphatic carbocycles. The Bertz CT molecular complexity index is 998. The summed E-state index contributed by atoms with van der Waals surface area (Å²) in [6, 6.07) is 12.7. The van der Waals surface area contributed by atoms with Crippen LogP contribution in [0.3, 0.4) is 0 Å². The molecule has 0 unspecified atom stereocenters. The summed E-state index contributed by atoms with van der Waals surface area (Å²) in [5.41, 5.74) is 2.18. The fourth-order valence-electron chi connectivity index (χ4n) is 3.58. The number of methoxy groups -OCH3 is 1. The minimum absolute atomic E-state index is 0.211. The molecule has 3 rings (SSSR count). The summed E-state index contributed by atoms with van der Waals surface area (Å²) in [4.78, 5) is 14.9. The molecule has 0 aromatic heterocycles. The zero-order chi connectivity index (χ0) is 22.4. The molecule has 1 aliphatic heterocycles. The third-order valence-corrected chi connectivity index (χ3v) is 7.66. The number of likely N-dealkylation sites (N-methyl/N-ethyl adjacent to an activating group) is 1. The van der Waals surface area contributed by atoms with E-state index in [-0.39, 0.29) is 10.8 Å². The van der Waals surface area contributed by atoms with Crippen molar-refractivity contribution in [2.45, 2.75) is 24.7 Å². The van der Waals surface area contributed by atoms with E-state index >= 15 is 0 Å². The minimum atomic E-state index is -3.62. The van der Waals surface area contributed by atoms with Crippen molar-refractivity contribution in [1.82, 2.24) is 14.5 Å². The Morgan fingerprint density at radius 2 is 1.74 bits per heavy atom. The van der Waals surface area contributed by atoms with Crippen molar-refractivity contribution in [2.24, 2.45) is 0 Å². The number of carbonyl (C=O) groups is 1. The van der Waals surface area contributed by atoms with E-state index in [1.54, 1.807) is 26.2 Å². The Morgan fingerprint density at radius 3 is 2.39 bits per heavy atom. The Morgan fingerprint density at radius 1 is 1.06 bits per heavy atom. The molecule has 2 aromatic rings. The molecule has 0 saturated carbocycles. The van der Waals surface area contributed by atoms with Gasteiger partial charge in [-0.3, -0.25) is 4.79 Å². The standard InChI is InChI=1S/C23H31N3O4S/c1-18-6-9-20(17-22(18)31(28,29)26-15-13-25(2)14-16-26)23(27)24-12-4-5-19-7-10-21(30-3)11-8-19/h6-11,17H,4-5,12-16H2,1-3H3,(H,24,27). The lowest BCUT2D eigenvalue weighted by Crippen LogP contribution is -2.47. The van der Waals surface area contributed by atoms with E-state index in [1.165, 1.54) is 15.9 Å². The second-order valence-electron chi connectivity index (χ2n) is 7.90. The largest absolute Gasteiger partial charge is 0.497 e. The molecule has 1 saturated heterocycles. The van der Waals surface area contributed by atoms with Gasteiger partial charge in [0, 0.05) is 38.3 Å². The Balaban J connectivity index is 1.60. The normalized spacial score (nSPS) is 15.6. The van der Waals surface area contributed by atoms with E-state index in [4.69, 9.17) is 4.74 Å². The van der Waals surface area contributed by atoms with Gasteiger partial charge >= 0.3 is 0 Å². The number of sulfonamides is 1. The summed E-state index contributed by atoms with van der Waals surface area (Å²) < 4.78 is 32.9. The Hall–Kier alpha value is -2.42. The molecule has 7 nitrogen and oxygen atoms in total. The van der Waals surface area contributed by atoms with Crippen LogP contribution in [0.2, 0.25) is 0 Å². The van der Waals surface area contributed by atoms with Gasteiger partial charge in [0.25, 0.3) is 5.91 Å². The first-order chi connectivity index (χ1) is 14.8. The van der Waals surface area contributed by atoms with E-state index in [1.807, 2.05) is 31.3 Å². The number of piperazine rings is 1. The predicted octanol–water partition coefficient (Wildman–Crippen LogP) is 2.30. The van der Waals surface area contributed by atoms with E-state index < -0.39 is 10.0 Å². The Labute approximate surface area is 185 Å².